The van der Waals surface area contributed by atoms with Crippen LogP contribution in [0.2, 0.25) is 5.02 Å². The van der Waals surface area contributed by atoms with Crippen LogP contribution in [0.5, 0.6) is 5.75 Å². The first-order valence-corrected chi connectivity index (χ1v) is 14.6. The van der Waals surface area contributed by atoms with E-state index in [1.54, 1.807) is 31.2 Å². The molecule has 0 radical (unpaired) electrons. The van der Waals surface area contributed by atoms with E-state index in [4.69, 9.17) is 15.8 Å². The molecule has 3 heterocycles. The Balaban J connectivity index is 1.34. The fraction of sp³-hybridized carbons (Fsp3) is 0.276. The van der Waals surface area contributed by atoms with Crippen molar-refractivity contribution in [3.05, 3.63) is 81.9 Å². The Morgan fingerprint density at radius 1 is 1.03 bits per heavy atom. The zero-order chi connectivity index (χ0) is 26.4. The minimum atomic E-state index is -4.16. The van der Waals surface area contributed by atoms with Crippen LogP contribution in [0.3, 0.4) is 0 Å². The molecule has 0 spiro atoms. The van der Waals surface area contributed by atoms with Crippen LogP contribution in [0.15, 0.2) is 59.5 Å². The van der Waals surface area contributed by atoms with Crippen molar-refractivity contribution in [2.24, 2.45) is 0 Å². The van der Waals surface area contributed by atoms with Gasteiger partial charge in [-0.2, -0.15) is 8.42 Å². The van der Waals surface area contributed by atoms with Crippen molar-refractivity contribution in [3.8, 4) is 17.0 Å². The molecule has 0 unspecified atom stereocenters. The van der Waals surface area contributed by atoms with Crippen molar-refractivity contribution in [3.63, 3.8) is 0 Å². The number of rotatable bonds is 6. The fourth-order valence-electron chi connectivity index (χ4n) is 5.45. The average molecular weight is 550 g/mol. The van der Waals surface area contributed by atoms with Gasteiger partial charge in [0.2, 0.25) is 0 Å². The Kier molecular flexibility index (Phi) is 6.42. The third-order valence-corrected chi connectivity index (χ3v) is 9.23. The number of aromatic nitrogens is 1. The Morgan fingerprint density at radius 3 is 2.66 bits per heavy atom. The van der Waals surface area contributed by atoms with Gasteiger partial charge >= 0.3 is 10.1 Å². The maximum atomic E-state index is 13.1. The summed E-state index contributed by atoms with van der Waals surface area (Å²) in [7, 11) is -4.16. The summed E-state index contributed by atoms with van der Waals surface area (Å²) in [5, 5.41) is 4.22. The number of piperidine rings is 1. The molecule has 196 valence electrons. The number of hydrogen-bond acceptors (Lipinski definition) is 5. The summed E-state index contributed by atoms with van der Waals surface area (Å²) >= 11 is 6.14. The highest BCUT2D eigenvalue weighted by atomic mass is 35.5. The largest absolute Gasteiger partial charge is 0.379 e. The van der Waals surface area contributed by atoms with Crippen molar-refractivity contribution in [2.45, 2.75) is 44.2 Å². The zero-order valence-electron chi connectivity index (χ0n) is 21.0. The van der Waals surface area contributed by atoms with Gasteiger partial charge in [-0.1, -0.05) is 30.2 Å². The van der Waals surface area contributed by atoms with Crippen LogP contribution >= 0.6 is 11.6 Å². The van der Waals surface area contributed by atoms with Crippen molar-refractivity contribution in [2.75, 3.05) is 13.1 Å². The molecule has 0 aliphatic carbocycles. The molecule has 2 aliphatic heterocycles. The lowest BCUT2D eigenvalue weighted by atomic mass is 9.99. The molecule has 0 saturated carbocycles. The van der Waals surface area contributed by atoms with Crippen LogP contribution in [-0.2, 0) is 23.2 Å². The SMILES string of the molecule is Cc1c(Cl)cccc1S(=O)(=O)Oc1ccc(-c2cc3cc(CN4CCCCC4)ccc3[nH]2)c2c1CNC2=O. The van der Waals surface area contributed by atoms with Crippen LogP contribution in [0, 0.1) is 6.92 Å². The van der Waals surface area contributed by atoms with Gasteiger partial charge in [-0.15, -0.1) is 0 Å². The number of aromatic amines is 1. The molecular formula is C29H28ClN3O4S. The van der Waals surface area contributed by atoms with Crippen LogP contribution in [0.4, 0.5) is 0 Å². The van der Waals surface area contributed by atoms with E-state index < -0.39 is 10.1 Å². The number of likely N-dealkylation sites (tertiary alicyclic amines) is 1. The molecule has 0 atom stereocenters. The summed E-state index contributed by atoms with van der Waals surface area (Å²) in [6.45, 7) is 5.02. The highest BCUT2D eigenvalue weighted by molar-refractivity contribution is 7.87. The highest BCUT2D eigenvalue weighted by Crippen LogP contribution is 2.37. The molecule has 9 heteroatoms. The topological polar surface area (TPSA) is 91.5 Å². The molecule has 4 aromatic rings. The summed E-state index contributed by atoms with van der Waals surface area (Å²) in [5.74, 6) is -0.136. The quantitative estimate of drug-likeness (QED) is 0.297. The van der Waals surface area contributed by atoms with Gasteiger partial charge in [0.05, 0.1) is 5.56 Å². The number of benzene rings is 3. The van der Waals surface area contributed by atoms with Crippen LogP contribution in [0.25, 0.3) is 22.2 Å². The van der Waals surface area contributed by atoms with Crippen molar-refractivity contribution in [1.29, 1.82) is 0 Å². The number of nitrogens with one attached hydrogen (secondary N) is 2. The molecule has 1 fully saturated rings. The highest BCUT2D eigenvalue weighted by Gasteiger charge is 2.30. The third-order valence-electron chi connectivity index (χ3n) is 7.44. The summed E-state index contributed by atoms with van der Waals surface area (Å²) in [5.41, 5.74) is 5.08. The van der Waals surface area contributed by atoms with E-state index in [-0.39, 0.29) is 23.1 Å². The molecule has 38 heavy (non-hydrogen) atoms. The van der Waals surface area contributed by atoms with Crippen LogP contribution in [-0.4, -0.2) is 37.3 Å². The first-order chi connectivity index (χ1) is 18.3. The Morgan fingerprint density at radius 2 is 1.84 bits per heavy atom. The second-order valence-corrected chi connectivity index (χ2v) is 11.9. The van der Waals surface area contributed by atoms with Crippen molar-refractivity contribution >= 4 is 38.5 Å². The average Bonchev–Trinajstić information content (AvgIpc) is 3.50. The maximum Gasteiger partial charge on any atom is 0.339 e. The molecule has 2 N–H and O–H groups in total. The van der Waals surface area contributed by atoms with Crippen LogP contribution in [0.1, 0.15) is 46.3 Å². The van der Waals surface area contributed by atoms with E-state index in [1.165, 1.54) is 30.9 Å². The van der Waals surface area contributed by atoms with Crippen molar-refractivity contribution < 1.29 is 17.4 Å². The van der Waals surface area contributed by atoms with E-state index in [1.807, 2.05) is 6.07 Å². The lowest BCUT2D eigenvalue weighted by Crippen LogP contribution is -2.28. The predicted octanol–water partition coefficient (Wildman–Crippen LogP) is 5.79. The first-order valence-electron chi connectivity index (χ1n) is 12.8. The van der Waals surface area contributed by atoms with E-state index in [9.17, 15) is 13.2 Å². The minimum absolute atomic E-state index is 0.00363. The molecule has 1 amide bonds. The Labute approximate surface area is 226 Å². The number of halogens is 1. The lowest BCUT2D eigenvalue weighted by Gasteiger charge is -2.26. The van der Waals surface area contributed by atoms with Gasteiger partial charge < -0.3 is 14.5 Å². The molecule has 6 rings (SSSR count). The number of carbonyl (C=O) groups excluding carboxylic acids is 1. The first kappa shape index (κ1) is 25.0. The Bertz CT molecular complexity index is 1670. The van der Waals surface area contributed by atoms with Crippen molar-refractivity contribution in [1.82, 2.24) is 15.2 Å². The van der Waals surface area contributed by atoms with Crippen LogP contribution < -0.4 is 9.50 Å². The molecule has 0 bridgehead atoms. The molecule has 2 aliphatic rings. The normalized spacial score (nSPS) is 16.0. The molecular weight excluding hydrogens is 522 g/mol. The number of amides is 1. The lowest BCUT2D eigenvalue weighted by molar-refractivity contribution is 0.0966. The number of fused-ring (bicyclic) bond motifs is 2. The second-order valence-electron chi connectivity index (χ2n) is 9.99. The summed E-state index contributed by atoms with van der Waals surface area (Å²) < 4.78 is 31.8. The number of H-pyrrole nitrogens is 1. The van der Waals surface area contributed by atoms with Gasteiger partial charge in [-0.25, -0.2) is 0 Å². The van der Waals surface area contributed by atoms with E-state index in [2.05, 4.69) is 33.4 Å². The second kappa shape index (κ2) is 9.76. The number of hydrogen-bond donors (Lipinski definition) is 2. The van der Waals surface area contributed by atoms with Gasteiger partial charge in [0.1, 0.15) is 10.6 Å². The number of carbonyl (C=O) groups is 1. The monoisotopic (exact) mass is 549 g/mol. The fourth-order valence-corrected chi connectivity index (χ4v) is 6.89. The third kappa shape index (κ3) is 4.57. The zero-order valence-corrected chi connectivity index (χ0v) is 22.6. The molecule has 3 aromatic carbocycles. The van der Waals surface area contributed by atoms with E-state index in [0.717, 1.165) is 36.2 Å². The summed E-state index contributed by atoms with van der Waals surface area (Å²) in [6, 6.07) is 16.5. The van der Waals surface area contributed by atoms with Gasteiger partial charge in [0.25, 0.3) is 5.91 Å². The maximum absolute atomic E-state index is 13.1. The predicted molar refractivity (Wildman–Crippen MR) is 148 cm³/mol. The van der Waals surface area contributed by atoms with Gasteiger partial charge in [0.15, 0.2) is 0 Å². The smallest absolute Gasteiger partial charge is 0.339 e. The summed E-state index contributed by atoms with van der Waals surface area (Å²) in [4.78, 5) is 18.8. The minimum Gasteiger partial charge on any atom is -0.379 e. The molecule has 1 saturated heterocycles. The van der Waals surface area contributed by atoms with Gasteiger partial charge in [0, 0.05) is 45.8 Å². The molecule has 7 nitrogen and oxygen atoms in total. The summed E-state index contributed by atoms with van der Waals surface area (Å²) in [6.07, 6.45) is 3.82. The van der Waals surface area contributed by atoms with E-state index in [0.29, 0.717) is 27.3 Å². The molecule has 1 aromatic heterocycles. The van der Waals surface area contributed by atoms with E-state index >= 15 is 0 Å². The van der Waals surface area contributed by atoms with Gasteiger partial charge in [-0.05, 0) is 86.4 Å². The standard InChI is InChI=1S/C29H28ClN3O4S/c1-18-23(30)6-5-7-27(18)38(35,36)37-26-11-9-21(28-22(26)16-31-29(28)34)25-15-20-14-19(8-10-24(20)32-25)17-33-12-3-2-4-13-33/h5-11,14-15,32H,2-4,12-13,16-17H2,1H3,(H,31,34). The Hall–Kier alpha value is -3.33. The van der Waals surface area contributed by atoms with Gasteiger partial charge in [-0.3, -0.25) is 9.69 Å². The number of nitrogens with zero attached hydrogens (tertiary/aromatic N) is 1.